The van der Waals surface area contributed by atoms with E-state index in [2.05, 4.69) is 15.9 Å². The number of alkyl halides is 4. The van der Waals surface area contributed by atoms with E-state index in [9.17, 15) is 13.2 Å². The standard InChI is InChI=1S/C12H22BrF3/c1-3-6-10(8-5-9-13)11(7-4-2)12(14,15)16/h10-11H,3-9H2,1-2H3. The average molecular weight is 303 g/mol. The molecule has 0 saturated carbocycles. The SMILES string of the molecule is CCCC(CCCBr)C(CCC)C(F)(F)F. The van der Waals surface area contributed by atoms with Crippen molar-refractivity contribution in [1.29, 1.82) is 0 Å². The van der Waals surface area contributed by atoms with E-state index >= 15 is 0 Å². The first-order chi connectivity index (χ1) is 7.47. The second-order valence-corrected chi connectivity index (χ2v) is 5.11. The Hall–Kier alpha value is 0.270. The predicted octanol–water partition coefficient (Wildman–Crippen LogP) is 5.56. The van der Waals surface area contributed by atoms with Gasteiger partial charge in [0.05, 0.1) is 5.92 Å². The van der Waals surface area contributed by atoms with Crippen LogP contribution < -0.4 is 0 Å². The first-order valence-electron chi connectivity index (χ1n) is 6.10. The first kappa shape index (κ1) is 16.3. The van der Waals surface area contributed by atoms with Gasteiger partial charge in [-0.2, -0.15) is 13.2 Å². The lowest BCUT2D eigenvalue weighted by molar-refractivity contribution is -0.192. The van der Waals surface area contributed by atoms with Crippen molar-refractivity contribution < 1.29 is 13.2 Å². The molecule has 0 spiro atoms. The number of halogens is 4. The van der Waals surface area contributed by atoms with Gasteiger partial charge >= 0.3 is 6.18 Å². The van der Waals surface area contributed by atoms with Crippen LogP contribution in [0.3, 0.4) is 0 Å². The molecule has 0 aliphatic heterocycles. The molecule has 0 aliphatic rings. The van der Waals surface area contributed by atoms with Crippen LogP contribution in [0.25, 0.3) is 0 Å². The fourth-order valence-corrected chi connectivity index (χ4v) is 2.56. The highest BCUT2D eigenvalue weighted by molar-refractivity contribution is 9.09. The molecule has 2 atom stereocenters. The fraction of sp³-hybridized carbons (Fsp3) is 1.00. The normalized spacial score (nSPS) is 16.1. The molecule has 0 aliphatic carbocycles. The molecular weight excluding hydrogens is 281 g/mol. The number of hydrogen-bond donors (Lipinski definition) is 0. The Bertz CT molecular complexity index is 168. The summed E-state index contributed by atoms with van der Waals surface area (Å²) < 4.78 is 38.7. The van der Waals surface area contributed by atoms with Gasteiger partial charge in [0.2, 0.25) is 0 Å². The summed E-state index contributed by atoms with van der Waals surface area (Å²) in [7, 11) is 0. The highest BCUT2D eigenvalue weighted by Gasteiger charge is 2.42. The van der Waals surface area contributed by atoms with Crippen LogP contribution in [-0.2, 0) is 0 Å². The molecule has 16 heavy (non-hydrogen) atoms. The Labute approximate surface area is 105 Å². The van der Waals surface area contributed by atoms with Gasteiger partial charge in [-0.3, -0.25) is 0 Å². The largest absolute Gasteiger partial charge is 0.392 e. The van der Waals surface area contributed by atoms with Gasteiger partial charge in [-0.25, -0.2) is 0 Å². The molecule has 4 heteroatoms. The molecule has 0 aromatic rings. The molecule has 0 nitrogen and oxygen atoms in total. The van der Waals surface area contributed by atoms with E-state index in [-0.39, 0.29) is 12.3 Å². The topological polar surface area (TPSA) is 0 Å². The minimum absolute atomic E-state index is 0.192. The van der Waals surface area contributed by atoms with E-state index in [0.29, 0.717) is 19.3 Å². The summed E-state index contributed by atoms with van der Waals surface area (Å²) in [5, 5.41) is 0.796. The average Bonchev–Trinajstić information content (AvgIpc) is 2.19. The summed E-state index contributed by atoms with van der Waals surface area (Å²) >= 11 is 3.29. The Morgan fingerprint density at radius 2 is 1.56 bits per heavy atom. The van der Waals surface area contributed by atoms with Gasteiger partial charge in [0, 0.05) is 5.33 Å². The van der Waals surface area contributed by atoms with Gasteiger partial charge in [-0.05, 0) is 25.2 Å². The molecule has 98 valence electrons. The highest BCUT2D eigenvalue weighted by Crippen LogP contribution is 2.39. The molecule has 0 saturated heterocycles. The van der Waals surface area contributed by atoms with Crippen LogP contribution in [0.2, 0.25) is 0 Å². The van der Waals surface area contributed by atoms with E-state index in [0.717, 1.165) is 18.2 Å². The minimum Gasteiger partial charge on any atom is -0.171 e. The maximum absolute atomic E-state index is 12.9. The third kappa shape index (κ3) is 6.12. The Kier molecular flexibility index (Phi) is 8.52. The molecule has 0 amide bonds. The number of rotatable bonds is 8. The zero-order valence-electron chi connectivity index (χ0n) is 10.1. The maximum atomic E-state index is 12.9. The van der Waals surface area contributed by atoms with Crippen LogP contribution >= 0.6 is 15.9 Å². The molecule has 0 heterocycles. The smallest absolute Gasteiger partial charge is 0.171 e. The summed E-state index contributed by atoms with van der Waals surface area (Å²) in [6.45, 7) is 3.78. The van der Waals surface area contributed by atoms with Crippen molar-refractivity contribution in [1.82, 2.24) is 0 Å². The van der Waals surface area contributed by atoms with Gasteiger partial charge in [0.1, 0.15) is 0 Å². The molecule has 0 bridgehead atoms. The summed E-state index contributed by atoms with van der Waals surface area (Å²) in [6, 6.07) is 0. The van der Waals surface area contributed by atoms with Gasteiger partial charge in [-0.15, -0.1) is 0 Å². The fourth-order valence-electron chi connectivity index (χ4n) is 2.23. The maximum Gasteiger partial charge on any atom is 0.392 e. The molecule has 0 fully saturated rings. The van der Waals surface area contributed by atoms with E-state index in [1.165, 1.54) is 0 Å². The molecule has 0 aromatic carbocycles. The molecule has 0 rings (SSSR count). The molecule has 0 N–H and O–H groups in total. The Morgan fingerprint density at radius 1 is 1.00 bits per heavy atom. The lowest BCUT2D eigenvalue weighted by atomic mass is 9.82. The van der Waals surface area contributed by atoms with Crippen molar-refractivity contribution >= 4 is 15.9 Å². The Morgan fingerprint density at radius 3 is 1.94 bits per heavy atom. The quantitative estimate of drug-likeness (QED) is 0.515. The summed E-state index contributed by atoms with van der Waals surface area (Å²) in [5.41, 5.74) is 0. The zero-order valence-corrected chi connectivity index (χ0v) is 11.7. The highest BCUT2D eigenvalue weighted by atomic mass is 79.9. The molecule has 0 aromatic heterocycles. The monoisotopic (exact) mass is 302 g/mol. The van der Waals surface area contributed by atoms with Crippen LogP contribution in [0.5, 0.6) is 0 Å². The third-order valence-electron chi connectivity index (χ3n) is 2.96. The lowest BCUT2D eigenvalue weighted by Crippen LogP contribution is -2.30. The second-order valence-electron chi connectivity index (χ2n) is 4.32. The summed E-state index contributed by atoms with van der Waals surface area (Å²) in [5.74, 6) is -1.29. The lowest BCUT2D eigenvalue weighted by Gasteiger charge is -2.28. The van der Waals surface area contributed by atoms with Gasteiger partial charge < -0.3 is 0 Å². The second kappa shape index (κ2) is 8.37. The first-order valence-corrected chi connectivity index (χ1v) is 7.22. The van der Waals surface area contributed by atoms with Crippen molar-refractivity contribution in [2.24, 2.45) is 11.8 Å². The van der Waals surface area contributed by atoms with Gasteiger partial charge in [0.15, 0.2) is 0 Å². The van der Waals surface area contributed by atoms with Crippen LogP contribution in [0.4, 0.5) is 13.2 Å². The van der Waals surface area contributed by atoms with Crippen LogP contribution in [0, 0.1) is 11.8 Å². The van der Waals surface area contributed by atoms with Crippen LogP contribution in [0.1, 0.15) is 52.4 Å². The summed E-state index contributed by atoms with van der Waals surface area (Å²) in [4.78, 5) is 0. The van der Waals surface area contributed by atoms with Gasteiger partial charge in [0.25, 0.3) is 0 Å². The van der Waals surface area contributed by atoms with Crippen molar-refractivity contribution in [2.45, 2.75) is 58.5 Å². The minimum atomic E-state index is -4.03. The van der Waals surface area contributed by atoms with Gasteiger partial charge in [-0.1, -0.05) is 49.0 Å². The summed E-state index contributed by atoms with van der Waals surface area (Å²) in [6.07, 6.45) is -0.0953. The Balaban J connectivity index is 4.51. The van der Waals surface area contributed by atoms with E-state index in [4.69, 9.17) is 0 Å². The zero-order chi connectivity index (χ0) is 12.6. The molecule has 2 unspecified atom stereocenters. The van der Waals surface area contributed by atoms with E-state index < -0.39 is 12.1 Å². The van der Waals surface area contributed by atoms with Crippen molar-refractivity contribution in [3.8, 4) is 0 Å². The van der Waals surface area contributed by atoms with Crippen molar-refractivity contribution in [2.75, 3.05) is 5.33 Å². The van der Waals surface area contributed by atoms with Crippen molar-refractivity contribution in [3.63, 3.8) is 0 Å². The predicted molar refractivity (Wildman–Crippen MR) is 65.9 cm³/mol. The van der Waals surface area contributed by atoms with E-state index in [1.54, 1.807) is 0 Å². The third-order valence-corrected chi connectivity index (χ3v) is 3.52. The van der Waals surface area contributed by atoms with Crippen LogP contribution in [0.15, 0.2) is 0 Å². The number of hydrogen-bond acceptors (Lipinski definition) is 0. The van der Waals surface area contributed by atoms with Crippen LogP contribution in [-0.4, -0.2) is 11.5 Å². The molecule has 0 radical (unpaired) electrons. The van der Waals surface area contributed by atoms with Crippen molar-refractivity contribution in [3.05, 3.63) is 0 Å². The molecular formula is C12H22BrF3. The van der Waals surface area contributed by atoms with E-state index in [1.807, 2.05) is 13.8 Å².